The van der Waals surface area contributed by atoms with Gasteiger partial charge in [-0.3, -0.25) is 13.8 Å². The molecule has 0 radical (unpaired) electrons. The number of carbonyl (C=O) groups is 1. The van der Waals surface area contributed by atoms with Gasteiger partial charge in [-0.2, -0.15) is 0 Å². The fraction of sp³-hybridized carbons (Fsp3) is 0.863. The molecule has 0 aromatic heterocycles. The van der Waals surface area contributed by atoms with Crippen LogP contribution in [0.5, 0.6) is 0 Å². The van der Waals surface area contributed by atoms with Crippen LogP contribution in [0.1, 0.15) is 251 Å². The Bertz CT molecular complexity index is 1040. The molecule has 5 N–H and O–H groups in total. The molecule has 0 aliphatic heterocycles. The second-order valence-corrected chi connectivity index (χ2v) is 18.8. The summed E-state index contributed by atoms with van der Waals surface area (Å²) in [4.78, 5) is 22.8. The highest BCUT2D eigenvalue weighted by Crippen LogP contribution is 2.43. The van der Waals surface area contributed by atoms with Crippen molar-refractivity contribution in [2.24, 2.45) is 5.73 Å². The third-order valence-electron chi connectivity index (χ3n) is 11.4. The summed E-state index contributed by atoms with van der Waals surface area (Å²) in [7, 11) is -4.35. The van der Waals surface area contributed by atoms with Gasteiger partial charge in [-0.1, -0.05) is 237 Å². The van der Waals surface area contributed by atoms with Gasteiger partial charge in [0.25, 0.3) is 0 Å². The number of phosphoric ester groups is 1. The van der Waals surface area contributed by atoms with Crippen LogP contribution >= 0.6 is 7.82 Å². The van der Waals surface area contributed by atoms with Crippen LogP contribution in [-0.2, 0) is 18.4 Å². The van der Waals surface area contributed by atoms with E-state index in [4.69, 9.17) is 14.8 Å². The Morgan fingerprint density at radius 3 is 1.28 bits per heavy atom. The minimum absolute atomic E-state index is 0.0729. The lowest BCUT2D eigenvalue weighted by Crippen LogP contribution is -2.45. The van der Waals surface area contributed by atoms with Gasteiger partial charge in [0.05, 0.1) is 25.4 Å². The van der Waals surface area contributed by atoms with Crippen LogP contribution in [0.4, 0.5) is 0 Å². The van der Waals surface area contributed by atoms with Crippen LogP contribution in [0.15, 0.2) is 36.5 Å². The maximum Gasteiger partial charge on any atom is 0.472 e. The van der Waals surface area contributed by atoms with E-state index in [1.807, 2.05) is 6.08 Å². The highest BCUT2D eigenvalue weighted by atomic mass is 31.2. The van der Waals surface area contributed by atoms with Crippen LogP contribution < -0.4 is 11.1 Å². The van der Waals surface area contributed by atoms with Gasteiger partial charge in [-0.15, -0.1) is 0 Å². The number of nitrogens with two attached hydrogens (primary N) is 1. The Kier molecular flexibility index (Phi) is 46.2. The summed E-state index contributed by atoms with van der Waals surface area (Å²) in [5.74, 6) is -0.204. The van der Waals surface area contributed by atoms with Gasteiger partial charge < -0.3 is 21.1 Å². The van der Waals surface area contributed by atoms with E-state index in [2.05, 4.69) is 43.5 Å². The van der Waals surface area contributed by atoms with E-state index in [9.17, 15) is 19.4 Å². The molecule has 9 heteroatoms. The van der Waals surface area contributed by atoms with Gasteiger partial charge in [0.15, 0.2) is 0 Å². The monoisotopic (exact) mass is 867 g/mol. The van der Waals surface area contributed by atoms with Crippen LogP contribution in [0.3, 0.4) is 0 Å². The van der Waals surface area contributed by atoms with Gasteiger partial charge >= 0.3 is 7.82 Å². The van der Waals surface area contributed by atoms with E-state index in [1.165, 1.54) is 186 Å². The molecular weight excluding hydrogens is 768 g/mol. The summed E-state index contributed by atoms with van der Waals surface area (Å²) < 4.78 is 22.2. The van der Waals surface area contributed by atoms with Crippen LogP contribution in [0, 0.1) is 0 Å². The highest BCUT2D eigenvalue weighted by molar-refractivity contribution is 7.47. The van der Waals surface area contributed by atoms with Gasteiger partial charge in [0, 0.05) is 13.0 Å². The largest absolute Gasteiger partial charge is 0.472 e. The SMILES string of the molecule is CCCCCCCCCCC/C=C/CC/C=C/CC/C=C/C(O)C(COP(=O)(O)OCCN)NC(=O)CCCCCCCCCCCCCCCCCCCCCCCC. The average Bonchev–Trinajstić information content (AvgIpc) is 3.24. The topological polar surface area (TPSA) is 131 Å². The first-order valence-electron chi connectivity index (χ1n) is 25.6. The minimum atomic E-state index is -4.35. The molecule has 3 atom stereocenters. The zero-order valence-electron chi connectivity index (χ0n) is 39.5. The molecule has 0 spiro atoms. The van der Waals surface area contributed by atoms with Gasteiger partial charge in [0.2, 0.25) is 5.91 Å². The Labute approximate surface area is 371 Å². The number of amides is 1. The number of carbonyl (C=O) groups excluding carboxylic acids is 1. The molecule has 1 amide bonds. The van der Waals surface area contributed by atoms with Crippen molar-refractivity contribution in [1.82, 2.24) is 5.32 Å². The van der Waals surface area contributed by atoms with Crippen molar-refractivity contribution in [2.45, 2.75) is 264 Å². The molecule has 0 aliphatic carbocycles. The number of aliphatic hydroxyl groups is 1. The first kappa shape index (κ1) is 58.7. The standard InChI is InChI=1S/C51H99N2O6P/c1-3-5-7-9-11-13-15-17-19-21-23-24-25-27-29-31-33-35-37-39-41-43-45-51(55)53-49(48-59-60(56,57)58-47-46-52)50(54)44-42-40-38-36-34-32-30-28-26-22-20-18-16-14-12-10-8-6-4-2/h26,28,34,36,42,44,49-50,54H,3-25,27,29-33,35,37-41,43,45-48,52H2,1-2H3,(H,53,55)(H,56,57)/b28-26+,36-34+,44-42+. The lowest BCUT2D eigenvalue weighted by Gasteiger charge is -2.23. The summed E-state index contributed by atoms with van der Waals surface area (Å²) in [6.45, 7) is 4.14. The number of unbranched alkanes of at least 4 members (excludes halogenated alkanes) is 32. The molecule has 0 aromatic rings. The molecule has 0 aromatic carbocycles. The molecule has 0 fully saturated rings. The Balaban J connectivity index is 4.13. The van der Waals surface area contributed by atoms with Crippen molar-refractivity contribution in [3.05, 3.63) is 36.5 Å². The van der Waals surface area contributed by atoms with E-state index in [0.29, 0.717) is 6.42 Å². The maximum atomic E-state index is 12.8. The molecule has 354 valence electrons. The molecule has 0 heterocycles. The number of allylic oxidation sites excluding steroid dienone is 5. The number of hydrogen-bond donors (Lipinski definition) is 4. The van der Waals surface area contributed by atoms with Gasteiger partial charge in [-0.05, 0) is 44.9 Å². The number of aliphatic hydroxyl groups excluding tert-OH is 1. The minimum Gasteiger partial charge on any atom is -0.387 e. The Morgan fingerprint density at radius 1 is 0.533 bits per heavy atom. The molecule has 0 saturated carbocycles. The van der Waals surface area contributed by atoms with Crippen molar-refractivity contribution in [3.8, 4) is 0 Å². The second-order valence-electron chi connectivity index (χ2n) is 17.4. The first-order chi connectivity index (χ1) is 29.4. The predicted octanol–water partition coefficient (Wildman–Crippen LogP) is 15.1. The predicted molar refractivity (Wildman–Crippen MR) is 258 cm³/mol. The van der Waals surface area contributed by atoms with Crippen molar-refractivity contribution in [2.75, 3.05) is 19.8 Å². The quantitative estimate of drug-likeness (QED) is 0.0272. The summed E-state index contributed by atoms with van der Waals surface area (Å²) in [6.07, 6.45) is 57.9. The van der Waals surface area contributed by atoms with Gasteiger partial charge in [-0.25, -0.2) is 4.57 Å². The molecule has 0 bridgehead atoms. The van der Waals surface area contributed by atoms with E-state index in [-0.39, 0.29) is 25.7 Å². The Hall–Kier alpha value is -1.28. The smallest absolute Gasteiger partial charge is 0.387 e. The molecule has 3 unspecified atom stereocenters. The van der Waals surface area contributed by atoms with Crippen LogP contribution in [-0.4, -0.2) is 47.8 Å². The number of hydrogen-bond acceptors (Lipinski definition) is 6. The lowest BCUT2D eigenvalue weighted by atomic mass is 10.0. The van der Waals surface area contributed by atoms with E-state index in [0.717, 1.165) is 44.9 Å². The number of phosphoric acid groups is 1. The number of nitrogens with one attached hydrogen (secondary N) is 1. The number of rotatable bonds is 48. The molecule has 0 rings (SSSR count). The van der Waals surface area contributed by atoms with Crippen LogP contribution in [0.2, 0.25) is 0 Å². The maximum absolute atomic E-state index is 12.8. The molecular formula is C51H99N2O6P. The molecule has 0 aliphatic rings. The summed E-state index contributed by atoms with van der Waals surface area (Å²) in [5.41, 5.74) is 5.39. The summed E-state index contributed by atoms with van der Waals surface area (Å²) in [6, 6.07) is -0.881. The van der Waals surface area contributed by atoms with E-state index >= 15 is 0 Å². The lowest BCUT2D eigenvalue weighted by molar-refractivity contribution is -0.123. The third-order valence-corrected chi connectivity index (χ3v) is 12.4. The fourth-order valence-corrected chi connectivity index (χ4v) is 8.34. The van der Waals surface area contributed by atoms with Crippen LogP contribution in [0.25, 0.3) is 0 Å². The van der Waals surface area contributed by atoms with Crippen molar-refractivity contribution in [1.29, 1.82) is 0 Å². The van der Waals surface area contributed by atoms with Crippen molar-refractivity contribution in [3.63, 3.8) is 0 Å². The summed E-state index contributed by atoms with van der Waals surface area (Å²) >= 11 is 0. The fourth-order valence-electron chi connectivity index (χ4n) is 7.58. The Morgan fingerprint density at radius 2 is 0.883 bits per heavy atom. The second kappa shape index (κ2) is 47.2. The molecule has 0 saturated heterocycles. The van der Waals surface area contributed by atoms with E-state index in [1.54, 1.807) is 6.08 Å². The molecule has 8 nitrogen and oxygen atoms in total. The van der Waals surface area contributed by atoms with E-state index < -0.39 is 20.0 Å². The van der Waals surface area contributed by atoms with Gasteiger partial charge in [0.1, 0.15) is 0 Å². The zero-order valence-corrected chi connectivity index (χ0v) is 40.3. The average molecular weight is 867 g/mol. The first-order valence-corrected chi connectivity index (χ1v) is 27.1. The van der Waals surface area contributed by atoms with Crippen molar-refractivity contribution >= 4 is 13.7 Å². The summed E-state index contributed by atoms with van der Waals surface area (Å²) in [5, 5.41) is 13.7. The normalized spacial score (nSPS) is 14.2. The highest BCUT2D eigenvalue weighted by Gasteiger charge is 2.26. The van der Waals surface area contributed by atoms with Crippen molar-refractivity contribution < 1.29 is 28.4 Å². The third kappa shape index (κ3) is 44.8. The molecule has 60 heavy (non-hydrogen) atoms. The zero-order chi connectivity index (χ0) is 43.9.